The molecule has 2 N–H and O–H groups in total. The molecule has 0 amide bonds. The van der Waals surface area contributed by atoms with Crippen LogP contribution in [0.2, 0.25) is 0 Å². The first-order valence-electron chi connectivity index (χ1n) is 7.82. The fraction of sp³-hybridized carbons (Fsp3) is 0.438. The van der Waals surface area contributed by atoms with Gasteiger partial charge in [-0.2, -0.15) is 5.10 Å². The maximum atomic E-state index is 13.7. The summed E-state index contributed by atoms with van der Waals surface area (Å²) in [4.78, 5) is 8.29. The second-order valence-corrected chi connectivity index (χ2v) is 5.19. The number of benzene rings is 1. The zero-order valence-corrected chi connectivity index (χ0v) is 16.9. The molecule has 9 heteroatoms. The molecule has 0 aliphatic heterocycles. The highest BCUT2D eigenvalue weighted by Gasteiger charge is 2.12. The van der Waals surface area contributed by atoms with Gasteiger partial charge in [-0.3, -0.25) is 9.67 Å². The lowest BCUT2D eigenvalue weighted by Crippen LogP contribution is -2.42. The van der Waals surface area contributed by atoms with Gasteiger partial charge in [0.05, 0.1) is 13.1 Å². The van der Waals surface area contributed by atoms with Crippen LogP contribution in [0.15, 0.2) is 35.6 Å². The number of aromatic nitrogens is 3. The zero-order chi connectivity index (χ0) is 17.4. The van der Waals surface area contributed by atoms with E-state index in [-0.39, 0.29) is 41.6 Å². The number of para-hydroxylation sites is 1. The largest absolute Gasteiger partial charge is 0.486 e. The van der Waals surface area contributed by atoms with Crippen LogP contribution >= 0.6 is 24.0 Å². The Kier molecular flexibility index (Phi) is 9.17. The molecule has 1 aromatic carbocycles. The Morgan fingerprint density at radius 1 is 1.36 bits per heavy atom. The summed E-state index contributed by atoms with van der Waals surface area (Å²) in [6, 6.07) is 6.40. The van der Waals surface area contributed by atoms with Gasteiger partial charge < -0.3 is 15.4 Å². The Balaban J connectivity index is 0.00000312. The molecule has 0 aliphatic carbocycles. The van der Waals surface area contributed by atoms with Gasteiger partial charge in [-0.25, -0.2) is 9.37 Å². The van der Waals surface area contributed by atoms with Gasteiger partial charge in [0.25, 0.3) is 0 Å². The standard InChI is InChI=1S/C16H23FN6O.HI/c1-4-12(24-14-8-6-5-7-13(14)17)9-19-16(18-2)20-10-15-21-11-22-23(15)3;/h5-8,11-12H,4,9-10H2,1-3H3,(H2,18,19,20);1H. The third-order valence-corrected chi connectivity index (χ3v) is 3.53. The maximum absolute atomic E-state index is 13.7. The molecule has 7 nitrogen and oxygen atoms in total. The van der Waals surface area contributed by atoms with Crippen molar-refractivity contribution in [3.8, 4) is 5.75 Å². The van der Waals surface area contributed by atoms with Crippen molar-refractivity contribution in [1.82, 2.24) is 25.4 Å². The maximum Gasteiger partial charge on any atom is 0.191 e. The number of aryl methyl sites for hydroxylation is 1. The van der Waals surface area contributed by atoms with Crippen LogP contribution in [-0.2, 0) is 13.6 Å². The SMILES string of the molecule is CCC(CNC(=NC)NCc1ncnn1C)Oc1ccccc1F.I. The fourth-order valence-corrected chi connectivity index (χ4v) is 2.06. The molecular formula is C16H24FIN6O. The van der Waals surface area contributed by atoms with Crippen LogP contribution in [0.1, 0.15) is 19.2 Å². The van der Waals surface area contributed by atoms with E-state index in [0.29, 0.717) is 19.0 Å². The Morgan fingerprint density at radius 2 is 2.12 bits per heavy atom. The number of nitrogens with zero attached hydrogens (tertiary/aromatic N) is 4. The van der Waals surface area contributed by atoms with Crippen LogP contribution in [0.5, 0.6) is 5.75 Å². The molecule has 1 unspecified atom stereocenters. The number of rotatable bonds is 7. The number of hydrogen-bond donors (Lipinski definition) is 2. The minimum absolute atomic E-state index is 0. The Morgan fingerprint density at radius 3 is 2.72 bits per heavy atom. The molecule has 2 rings (SSSR count). The van der Waals surface area contributed by atoms with Crippen molar-refractivity contribution in [2.45, 2.75) is 26.0 Å². The summed E-state index contributed by atoms with van der Waals surface area (Å²) in [6.07, 6.45) is 2.07. The first-order valence-corrected chi connectivity index (χ1v) is 7.82. The number of aliphatic imine (C=N–C) groups is 1. The van der Waals surface area contributed by atoms with Crippen LogP contribution in [0.25, 0.3) is 0 Å². The van der Waals surface area contributed by atoms with Crippen LogP contribution in [0.3, 0.4) is 0 Å². The van der Waals surface area contributed by atoms with Crippen LogP contribution in [-0.4, -0.2) is 40.4 Å². The van der Waals surface area contributed by atoms with Crippen molar-refractivity contribution in [3.05, 3.63) is 42.2 Å². The fourth-order valence-electron chi connectivity index (χ4n) is 2.06. The van der Waals surface area contributed by atoms with Gasteiger partial charge in [-0.15, -0.1) is 24.0 Å². The molecule has 0 radical (unpaired) electrons. The average molecular weight is 462 g/mol. The summed E-state index contributed by atoms with van der Waals surface area (Å²) >= 11 is 0. The molecule has 0 saturated carbocycles. The first-order chi connectivity index (χ1) is 11.6. The van der Waals surface area contributed by atoms with Crippen LogP contribution in [0.4, 0.5) is 4.39 Å². The van der Waals surface area contributed by atoms with Crippen molar-refractivity contribution < 1.29 is 9.13 Å². The summed E-state index contributed by atoms with van der Waals surface area (Å²) in [6.45, 7) is 2.99. The summed E-state index contributed by atoms with van der Waals surface area (Å²) in [5.41, 5.74) is 0. The predicted octanol–water partition coefficient (Wildman–Crippen LogP) is 2.09. The van der Waals surface area contributed by atoms with Crippen LogP contribution < -0.4 is 15.4 Å². The Bertz CT molecular complexity index is 678. The quantitative estimate of drug-likeness (QED) is 0.375. The number of nitrogens with one attached hydrogen (secondary N) is 2. The smallest absolute Gasteiger partial charge is 0.191 e. The van der Waals surface area contributed by atoms with Crippen molar-refractivity contribution in [2.75, 3.05) is 13.6 Å². The van der Waals surface area contributed by atoms with Crippen molar-refractivity contribution in [1.29, 1.82) is 0 Å². The molecule has 1 heterocycles. The molecule has 0 saturated heterocycles. The molecule has 2 aromatic rings. The van der Waals surface area contributed by atoms with Gasteiger partial charge in [-0.1, -0.05) is 19.1 Å². The van der Waals surface area contributed by atoms with Crippen molar-refractivity contribution in [2.24, 2.45) is 12.0 Å². The Hall–Kier alpha value is -1.91. The second-order valence-electron chi connectivity index (χ2n) is 5.19. The number of ether oxygens (including phenoxy) is 1. The molecule has 0 bridgehead atoms. The van der Waals surface area contributed by atoms with Gasteiger partial charge in [0.1, 0.15) is 18.3 Å². The van der Waals surface area contributed by atoms with E-state index in [9.17, 15) is 4.39 Å². The molecule has 0 aliphatic rings. The Labute approximate surface area is 164 Å². The summed E-state index contributed by atoms with van der Waals surface area (Å²) < 4.78 is 21.1. The van der Waals surface area contributed by atoms with E-state index in [1.807, 2.05) is 14.0 Å². The molecule has 25 heavy (non-hydrogen) atoms. The minimum atomic E-state index is -0.360. The third kappa shape index (κ3) is 6.48. The van der Waals surface area contributed by atoms with E-state index in [1.54, 1.807) is 29.9 Å². The topological polar surface area (TPSA) is 76.4 Å². The van der Waals surface area contributed by atoms with E-state index >= 15 is 0 Å². The molecular weight excluding hydrogens is 438 g/mol. The summed E-state index contributed by atoms with van der Waals surface area (Å²) in [5.74, 6) is 1.31. The highest BCUT2D eigenvalue weighted by Crippen LogP contribution is 2.17. The highest BCUT2D eigenvalue weighted by atomic mass is 127. The van der Waals surface area contributed by atoms with E-state index in [1.165, 1.54) is 12.4 Å². The number of halogens is 2. The van der Waals surface area contributed by atoms with Crippen molar-refractivity contribution in [3.63, 3.8) is 0 Å². The van der Waals surface area contributed by atoms with Gasteiger partial charge in [0.15, 0.2) is 17.5 Å². The minimum Gasteiger partial charge on any atom is -0.486 e. The molecule has 0 spiro atoms. The van der Waals surface area contributed by atoms with Gasteiger partial charge in [0, 0.05) is 14.1 Å². The lowest BCUT2D eigenvalue weighted by Gasteiger charge is -2.20. The van der Waals surface area contributed by atoms with Gasteiger partial charge in [0.2, 0.25) is 0 Å². The highest BCUT2D eigenvalue weighted by molar-refractivity contribution is 14.0. The van der Waals surface area contributed by atoms with Gasteiger partial charge >= 0.3 is 0 Å². The molecule has 1 atom stereocenters. The molecule has 0 fully saturated rings. The summed E-state index contributed by atoms with van der Waals surface area (Å²) in [5, 5.41) is 10.3. The van der Waals surface area contributed by atoms with E-state index in [2.05, 4.69) is 25.7 Å². The predicted molar refractivity (Wildman–Crippen MR) is 106 cm³/mol. The van der Waals surface area contributed by atoms with E-state index in [0.717, 1.165) is 12.2 Å². The van der Waals surface area contributed by atoms with Crippen molar-refractivity contribution >= 4 is 29.9 Å². The second kappa shape index (κ2) is 10.9. The zero-order valence-electron chi connectivity index (χ0n) is 14.6. The van der Waals surface area contributed by atoms with E-state index in [4.69, 9.17) is 4.74 Å². The lowest BCUT2D eigenvalue weighted by molar-refractivity contribution is 0.191. The monoisotopic (exact) mass is 462 g/mol. The summed E-state index contributed by atoms with van der Waals surface area (Å²) in [7, 11) is 3.51. The number of hydrogen-bond acceptors (Lipinski definition) is 4. The van der Waals surface area contributed by atoms with E-state index < -0.39 is 0 Å². The first kappa shape index (κ1) is 21.1. The molecule has 1 aromatic heterocycles. The number of guanidine groups is 1. The third-order valence-electron chi connectivity index (χ3n) is 3.53. The average Bonchev–Trinajstić information content (AvgIpc) is 3.00. The molecule has 138 valence electrons. The normalized spacial score (nSPS) is 12.2. The van der Waals surface area contributed by atoms with Crippen LogP contribution in [0, 0.1) is 5.82 Å². The lowest BCUT2D eigenvalue weighted by atomic mass is 10.2. The van der Waals surface area contributed by atoms with Gasteiger partial charge in [-0.05, 0) is 18.6 Å².